The first-order valence-corrected chi connectivity index (χ1v) is 7.67. The molecule has 0 heterocycles. The Balaban J connectivity index is 2.91. The lowest BCUT2D eigenvalue weighted by atomic mass is 10.1. The SMILES string of the molecule is CC/C=C/CCCCCCCCCCCCO. The summed E-state index contributed by atoms with van der Waals surface area (Å²) in [5.74, 6) is 0. The second kappa shape index (κ2) is 15.7. The molecule has 17 heavy (non-hydrogen) atoms. The zero-order valence-corrected chi connectivity index (χ0v) is 11.8. The minimum absolute atomic E-state index is 0.368. The van der Waals surface area contributed by atoms with Gasteiger partial charge in [0.15, 0.2) is 0 Å². The summed E-state index contributed by atoms with van der Waals surface area (Å²) in [7, 11) is 0. The predicted molar refractivity (Wildman–Crippen MR) is 77.3 cm³/mol. The summed E-state index contributed by atoms with van der Waals surface area (Å²) in [6.07, 6.45) is 20.3. The molecule has 0 bridgehead atoms. The van der Waals surface area contributed by atoms with Gasteiger partial charge in [-0.25, -0.2) is 0 Å². The quantitative estimate of drug-likeness (QED) is 0.345. The molecular weight excluding hydrogens is 208 g/mol. The number of rotatable bonds is 13. The molecule has 0 aromatic heterocycles. The van der Waals surface area contributed by atoms with Crippen molar-refractivity contribution in [3.63, 3.8) is 0 Å². The Bertz CT molecular complexity index is 152. The zero-order chi connectivity index (χ0) is 12.6. The van der Waals surface area contributed by atoms with Gasteiger partial charge >= 0.3 is 0 Å². The molecule has 0 aromatic rings. The summed E-state index contributed by atoms with van der Waals surface area (Å²) in [5.41, 5.74) is 0. The molecular formula is C16H32O. The lowest BCUT2D eigenvalue weighted by Gasteiger charge is -2.01. The molecule has 0 unspecified atom stereocenters. The topological polar surface area (TPSA) is 20.2 Å². The molecule has 1 nitrogen and oxygen atoms in total. The van der Waals surface area contributed by atoms with Gasteiger partial charge in [0.25, 0.3) is 0 Å². The van der Waals surface area contributed by atoms with Gasteiger partial charge < -0.3 is 5.11 Å². The first kappa shape index (κ1) is 16.7. The summed E-state index contributed by atoms with van der Waals surface area (Å²) >= 11 is 0. The monoisotopic (exact) mass is 240 g/mol. The van der Waals surface area contributed by atoms with Crippen LogP contribution in [0.15, 0.2) is 12.2 Å². The standard InChI is InChI=1S/C16H32O/c1-2-3-4-5-6-7-8-9-10-11-12-13-14-15-16-17/h3-4,17H,2,5-16H2,1H3/b4-3+. The van der Waals surface area contributed by atoms with Crippen molar-refractivity contribution in [1.29, 1.82) is 0 Å². The van der Waals surface area contributed by atoms with E-state index in [0.29, 0.717) is 6.61 Å². The largest absolute Gasteiger partial charge is 0.396 e. The van der Waals surface area contributed by atoms with E-state index in [9.17, 15) is 0 Å². The van der Waals surface area contributed by atoms with Crippen LogP contribution in [0.5, 0.6) is 0 Å². The minimum atomic E-state index is 0.368. The van der Waals surface area contributed by atoms with Crippen LogP contribution in [0.4, 0.5) is 0 Å². The molecule has 0 atom stereocenters. The predicted octanol–water partition coefficient (Wildman–Crippen LogP) is 5.24. The smallest absolute Gasteiger partial charge is 0.0431 e. The number of hydrogen-bond acceptors (Lipinski definition) is 1. The van der Waals surface area contributed by atoms with Crippen LogP contribution < -0.4 is 0 Å². The van der Waals surface area contributed by atoms with Crippen LogP contribution in [0.3, 0.4) is 0 Å². The molecule has 0 saturated carbocycles. The first-order chi connectivity index (χ1) is 8.41. The fourth-order valence-corrected chi connectivity index (χ4v) is 2.07. The maximum atomic E-state index is 8.64. The molecule has 0 aromatic carbocycles. The molecule has 0 fully saturated rings. The molecule has 0 spiro atoms. The van der Waals surface area contributed by atoms with Crippen molar-refractivity contribution in [2.75, 3.05) is 6.61 Å². The van der Waals surface area contributed by atoms with Gasteiger partial charge in [-0.05, 0) is 25.7 Å². The van der Waals surface area contributed by atoms with Gasteiger partial charge in [0.1, 0.15) is 0 Å². The molecule has 0 aliphatic rings. The molecule has 102 valence electrons. The van der Waals surface area contributed by atoms with E-state index in [1.54, 1.807) is 0 Å². The number of unbranched alkanes of at least 4 members (excludes halogenated alkanes) is 10. The number of aliphatic hydroxyl groups is 1. The van der Waals surface area contributed by atoms with E-state index in [-0.39, 0.29) is 0 Å². The van der Waals surface area contributed by atoms with Gasteiger partial charge in [-0.15, -0.1) is 0 Å². The third kappa shape index (κ3) is 15.7. The molecule has 0 aliphatic carbocycles. The average Bonchev–Trinajstić information content (AvgIpc) is 2.35. The second-order valence-corrected chi connectivity index (χ2v) is 4.93. The van der Waals surface area contributed by atoms with Gasteiger partial charge in [-0.1, -0.05) is 70.4 Å². The molecule has 0 radical (unpaired) electrons. The maximum absolute atomic E-state index is 8.64. The molecule has 0 aliphatic heterocycles. The van der Waals surface area contributed by atoms with Crippen LogP contribution in [0.2, 0.25) is 0 Å². The van der Waals surface area contributed by atoms with Crippen LogP contribution in [0.25, 0.3) is 0 Å². The molecule has 0 rings (SSSR count). The molecule has 0 amide bonds. The Morgan fingerprint density at radius 1 is 0.647 bits per heavy atom. The normalized spacial score (nSPS) is 11.4. The summed E-state index contributed by atoms with van der Waals surface area (Å²) in [6, 6.07) is 0. The van der Waals surface area contributed by atoms with Gasteiger partial charge in [0, 0.05) is 6.61 Å². The van der Waals surface area contributed by atoms with Crippen LogP contribution in [-0.4, -0.2) is 11.7 Å². The van der Waals surface area contributed by atoms with Crippen LogP contribution >= 0.6 is 0 Å². The third-order valence-corrected chi connectivity index (χ3v) is 3.18. The van der Waals surface area contributed by atoms with Crippen molar-refractivity contribution in [1.82, 2.24) is 0 Å². The molecule has 0 saturated heterocycles. The Morgan fingerprint density at radius 2 is 1.12 bits per heavy atom. The Labute approximate surface area is 108 Å². The Hall–Kier alpha value is -0.300. The fraction of sp³-hybridized carbons (Fsp3) is 0.875. The maximum Gasteiger partial charge on any atom is 0.0431 e. The Morgan fingerprint density at radius 3 is 1.59 bits per heavy atom. The highest BCUT2D eigenvalue weighted by Gasteiger charge is 1.92. The number of allylic oxidation sites excluding steroid dienone is 2. The lowest BCUT2D eigenvalue weighted by Crippen LogP contribution is -1.84. The average molecular weight is 240 g/mol. The van der Waals surface area contributed by atoms with Gasteiger partial charge in [-0.2, -0.15) is 0 Å². The fourth-order valence-electron chi connectivity index (χ4n) is 2.07. The van der Waals surface area contributed by atoms with Crippen LogP contribution in [0.1, 0.15) is 84.0 Å². The van der Waals surface area contributed by atoms with E-state index in [1.807, 2.05) is 0 Å². The van der Waals surface area contributed by atoms with Crippen LogP contribution in [-0.2, 0) is 0 Å². The van der Waals surface area contributed by atoms with E-state index < -0.39 is 0 Å². The van der Waals surface area contributed by atoms with E-state index >= 15 is 0 Å². The molecule has 1 N–H and O–H groups in total. The van der Waals surface area contributed by atoms with Crippen molar-refractivity contribution in [2.45, 2.75) is 84.0 Å². The zero-order valence-electron chi connectivity index (χ0n) is 11.8. The highest BCUT2D eigenvalue weighted by atomic mass is 16.2. The Kier molecular flexibility index (Phi) is 15.4. The lowest BCUT2D eigenvalue weighted by molar-refractivity contribution is 0.282. The highest BCUT2D eigenvalue weighted by molar-refractivity contribution is 4.79. The van der Waals surface area contributed by atoms with E-state index in [4.69, 9.17) is 5.11 Å². The van der Waals surface area contributed by atoms with Crippen LogP contribution in [0, 0.1) is 0 Å². The first-order valence-electron chi connectivity index (χ1n) is 7.67. The van der Waals surface area contributed by atoms with Crippen molar-refractivity contribution in [3.8, 4) is 0 Å². The van der Waals surface area contributed by atoms with Gasteiger partial charge in [0.05, 0.1) is 0 Å². The summed E-state index contributed by atoms with van der Waals surface area (Å²) < 4.78 is 0. The van der Waals surface area contributed by atoms with Gasteiger partial charge in [-0.3, -0.25) is 0 Å². The van der Waals surface area contributed by atoms with E-state index in [0.717, 1.165) is 6.42 Å². The molecule has 1 heteroatoms. The third-order valence-electron chi connectivity index (χ3n) is 3.18. The van der Waals surface area contributed by atoms with Crippen molar-refractivity contribution >= 4 is 0 Å². The van der Waals surface area contributed by atoms with Crippen molar-refractivity contribution in [3.05, 3.63) is 12.2 Å². The van der Waals surface area contributed by atoms with E-state index in [2.05, 4.69) is 19.1 Å². The minimum Gasteiger partial charge on any atom is -0.396 e. The summed E-state index contributed by atoms with van der Waals surface area (Å²) in [6.45, 7) is 2.56. The van der Waals surface area contributed by atoms with E-state index in [1.165, 1.54) is 70.6 Å². The summed E-state index contributed by atoms with van der Waals surface area (Å²) in [4.78, 5) is 0. The number of aliphatic hydroxyl groups excluding tert-OH is 1. The van der Waals surface area contributed by atoms with Crippen molar-refractivity contribution in [2.24, 2.45) is 0 Å². The summed E-state index contributed by atoms with van der Waals surface area (Å²) in [5, 5.41) is 8.64. The highest BCUT2D eigenvalue weighted by Crippen LogP contribution is 2.11. The second-order valence-electron chi connectivity index (χ2n) is 4.93. The van der Waals surface area contributed by atoms with Crippen molar-refractivity contribution < 1.29 is 5.11 Å². The van der Waals surface area contributed by atoms with Gasteiger partial charge in [0.2, 0.25) is 0 Å². The number of hydrogen-bond donors (Lipinski definition) is 1.